The molecule has 0 aliphatic rings. The summed E-state index contributed by atoms with van der Waals surface area (Å²) in [6.07, 6.45) is 1.76. The van der Waals surface area contributed by atoms with Crippen molar-refractivity contribution in [3.8, 4) is 17.0 Å². The largest absolute Gasteiger partial charge is 0.485 e. The van der Waals surface area contributed by atoms with E-state index in [9.17, 15) is 9.90 Å². The summed E-state index contributed by atoms with van der Waals surface area (Å²) in [5.74, 6) is -0.491. The van der Waals surface area contributed by atoms with Crippen LogP contribution in [0, 0.1) is 13.8 Å². The molecule has 0 saturated heterocycles. The van der Waals surface area contributed by atoms with Gasteiger partial charge in [-0.05, 0) is 62.2 Å². The zero-order valence-electron chi connectivity index (χ0n) is 18.7. The molecule has 3 heterocycles. The van der Waals surface area contributed by atoms with E-state index in [1.54, 1.807) is 6.07 Å². The molecule has 0 aliphatic carbocycles. The Balaban J connectivity index is 1.70. The van der Waals surface area contributed by atoms with Gasteiger partial charge in [0.15, 0.2) is 0 Å². The molecule has 3 aromatic heterocycles. The van der Waals surface area contributed by atoms with Gasteiger partial charge in [-0.15, -0.1) is 0 Å². The van der Waals surface area contributed by atoms with Crippen molar-refractivity contribution in [1.29, 1.82) is 0 Å². The smallest absolute Gasteiger partial charge is 0.336 e. The summed E-state index contributed by atoms with van der Waals surface area (Å²) in [6, 6.07) is 23.3. The van der Waals surface area contributed by atoms with Gasteiger partial charge >= 0.3 is 5.97 Å². The summed E-state index contributed by atoms with van der Waals surface area (Å²) in [6.45, 7) is 5.92. The Morgan fingerprint density at radius 3 is 2.48 bits per heavy atom. The van der Waals surface area contributed by atoms with Gasteiger partial charge in [-0.3, -0.25) is 0 Å². The van der Waals surface area contributed by atoms with Crippen molar-refractivity contribution in [2.24, 2.45) is 0 Å². The first-order valence-corrected chi connectivity index (χ1v) is 10.9. The standard InChI is InChI=1S/C28H24N2O3/c1-17-12-13-25(33-19(3)20-9-5-4-6-10-20)26-23(28(31)32)16-24(29-27(17)26)22-15-21-11-7-8-14-30(21)18(22)2/h4-16,19H,1-3H3,(H,31,32)/t19-/m0/s1. The maximum atomic E-state index is 12.4. The number of nitrogens with zero attached hydrogens (tertiary/aromatic N) is 2. The summed E-state index contributed by atoms with van der Waals surface area (Å²) in [5.41, 5.74) is 6.33. The van der Waals surface area contributed by atoms with E-state index in [0.29, 0.717) is 22.3 Å². The first-order valence-electron chi connectivity index (χ1n) is 10.9. The van der Waals surface area contributed by atoms with Gasteiger partial charge in [-0.25, -0.2) is 9.78 Å². The average molecular weight is 437 g/mol. The Morgan fingerprint density at radius 2 is 1.76 bits per heavy atom. The first-order chi connectivity index (χ1) is 15.9. The van der Waals surface area contributed by atoms with Crippen LogP contribution in [0.3, 0.4) is 0 Å². The molecule has 0 radical (unpaired) electrons. The van der Waals surface area contributed by atoms with Gasteiger partial charge in [0, 0.05) is 23.0 Å². The second-order valence-corrected chi connectivity index (χ2v) is 8.27. The number of pyridine rings is 2. The summed E-state index contributed by atoms with van der Waals surface area (Å²) in [5, 5.41) is 10.7. The van der Waals surface area contributed by atoms with Gasteiger partial charge in [0.2, 0.25) is 0 Å². The van der Waals surface area contributed by atoms with Crippen LogP contribution in [0.15, 0.2) is 79.0 Å². The highest BCUT2D eigenvalue weighted by atomic mass is 16.5. The predicted octanol–water partition coefficient (Wildman–Crippen LogP) is 6.61. The van der Waals surface area contributed by atoms with Crippen LogP contribution < -0.4 is 4.74 Å². The fraction of sp³-hybridized carbons (Fsp3) is 0.143. The van der Waals surface area contributed by atoms with Crippen LogP contribution in [0.1, 0.15) is 40.2 Å². The van der Waals surface area contributed by atoms with Crippen LogP contribution in [0.4, 0.5) is 0 Å². The van der Waals surface area contributed by atoms with E-state index in [1.807, 2.05) is 93.7 Å². The van der Waals surface area contributed by atoms with Crippen LogP contribution >= 0.6 is 0 Å². The average Bonchev–Trinajstić information content (AvgIpc) is 3.17. The molecule has 33 heavy (non-hydrogen) atoms. The topological polar surface area (TPSA) is 63.8 Å². The minimum atomic E-state index is -1.01. The molecular weight excluding hydrogens is 412 g/mol. The van der Waals surface area contributed by atoms with E-state index in [4.69, 9.17) is 9.72 Å². The van der Waals surface area contributed by atoms with Gasteiger partial charge in [-0.2, -0.15) is 0 Å². The molecule has 0 aliphatic heterocycles. The maximum Gasteiger partial charge on any atom is 0.336 e. The van der Waals surface area contributed by atoms with Crippen molar-refractivity contribution in [2.45, 2.75) is 26.9 Å². The lowest BCUT2D eigenvalue weighted by atomic mass is 10.0. The minimum absolute atomic E-state index is 0.184. The minimum Gasteiger partial charge on any atom is -0.485 e. The summed E-state index contributed by atoms with van der Waals surface area (Å²) >= 11 is 0. The highest BCUT2D eigenvalue weighted by Crippen LogP contribution is 2.36. The number of benzene rings is 2. The summed E-state index contributed by atoms with van der Waals surface area (Å²) in [7, 11) is 0. The van der Waals surface area contributed by atoms with E-state index in [-0.39, 0.29) is 11.7 Å². The predicted molar refractivity (Wildman–Crippen MR) is 130 cm³/mol. The zero-order valence-corrected chi connectivity index (χ0v) is 18.7. The monoisotopic (exact) mass is 436 g/mol. The molecule has 0 spiro atoms. The van der Waals surface area contributed by atoms with Crippen LogP contribution in [-0.4, -0.2) is 20.5 Å². The number of hydrogen-bond donors (Lipinski definition) is 1. The van der Waals surface area contributed by atoms with Gasteiger partial charge in [0.1, 0.15) is 11.9 Å². The van der Waals surface area contributed by atoms with E-state index >= 15 is 0 Å². The Kier molecular flexibility index (Phi) is 5.09. The molecule has 5 heteroatoms. The molecule has 5 nitrogen and oxygen atoms in total. The third-order valence-corrected chi connectivity index (χ3v) is 6.14. The van der Waals surface area contributed by atoms with Crippen molar-refractivity contribution in [2.75, 3.05) is 0 Å². The first kappa shape index (κ1) is 20.8. The SMILES string of the molecule is Cc1ccc(O[C@@H](C)c2ccccc2)c2c(C(=O)O)cc(-c3cc4ccccn4c3C)nc12. The molecule has 0 fully saturated rings. The number of carboxylic acid groups (broad SMARTS) is 1. The van der Waals surface area contributed by atoms with E-state index < -0.39 is 5.97 Å². The fourth-order valence-electron chi connectivity index (χ4n) is 4.35. The highest BCUT2D eigenvalue weighted by Gasteiger charge is 2.21. The third kappa shape index (κ3) is 3.61. The van der Waals surface area contributed by atoms with Crippen molar-refractivity contribution < 1.29 is 14.6 Å². The number of ether oxygens (including phenoxy) is 1. The number of aromatic carboxylic acids is 1. The molecule has 1 N–H and O–H groups in total. The third-order valence-electron chi connectivity index (χ3n) is 6.14. The molecule has 1 atom stereocenters. The molecule has 2 aromatic carbocycles. The van der Waals surface area contributed by atoms with Gasteiger partial charge in [0.05, 0.1) is 22.2 Å². The number of fused-ring (bicyclic) bond motifs is 2. The fourth-order valence-corrected chi connectivity index (χ4v) is 4.35. The van der Waals surface area contributed by atoms with E-state index in [1.165, 1.54) is 0 Å². The molecule has 0 bridgehead atoms. The number of carboxylic acids is 1. The Morgan fingerprint density at radius 1 is 1.00 bits per heavy atom. The van der Waals surface area contributed by atoms with Crippen LogP contribution in [0.5, 0.6) is 5.75 Å². The Labute approximate surface area is 191 Å². The molecule has 0 unspecified atom stereocenters. The maximum absolute atomic E-state index is 12.4. The Hall–Kier alpha value is -4.12. The lowest BCUT2D eigenvalue weighted by molar-refractivity contribution is 0.0698. The second-order valence-electron chi connectivity index (χ2n) is 8.27. The van der Waals surface area contributed by atoms with Crippen LogP contribution in [0.2, 0.25) is 0 Å². The van der Waals surface area contributed by atoms with Gasteiger partial charge in [0.25, 0.3) is 0 Å². The van der Waals surface area contributed by atoms with E-state index in [2.05, 4.69) is 4.40 Å². The molecule has 5 aromatic rings. The van der Waals surface area contributed by atoms with Crippen molar-refractivity contribution in [3.63, 3.8) is 0 Å². The van der Waals surface area contributed by atoms with E-state index in [0.717, 1.165) is 27.9 Å². The Bertz CT molecular complexity index is 1500. The zero-order chi connectivity index (χ0) is 23.1. The van der Waals surface area contributed by atoms with Crippen molar-refractivity contribution in [3.05, 3.63) is 101 Å². The number of aryl methyl sites for hydroxylation is 2. The molecule has 5 rings (SSSR count). The molecule has 0 saturated carbocycles. The van der Waals surface area contributed by atoms with Crippen LogP contribution in [-0.2, 0) is 0 Å². The van der Waals surface area contributed by atoms with Crippen LogP contribution in [0.25, 0.3) is 27.7 Å². The van der Waals surface area contributed by atoms with Crippen molar-refractivity contribution in [1.82, 2.24) is 9.38 Å². The number of rotatable bonds is 5. The molecular formula is C28H24N2O3. The number of aromatic nitrogens is 2. The lowest BCUT2D eigenvalue weighted by Gasteiger charge is -2.19. The second kappa shape index (κ2) is 8.10. The van der Waals surface area contributed by atoms with Crippen molar-refractivity contribution >= 4 is 22.4 Å². The van der Waals surface area contributed by atoms with Gasteiger partial charge < -0.3 is 14.2 Å². The lowest BCUT2D eigenvalue weighted by Crippen LogP contribution is -2.07. The summed E-state index contributed by atoms with van der Waals surface area (Å²) in [4.78, 5) is 17.3. The van der Waals surface area contributed by atoms with Gasteiger partial charge in [-0.1, -0.05) is 42.5 Å². The molecule has 0 amide bonds. The number of carbonyl (C=O) groups is 1. The quantitative estimate of drug-likeness (QED) is 0.337. The normalized spacial score (nSPS) is 12.2. The molecule has 164 valence electrons. The summed E-state index contributed by atoms with van der Waals surface area (Å²) < 4.78 is 8.35. The highest BCUT2D eigenvalue weighted by molar-refractivity contribution is 6.07. The number of hydrogen-bond acceptors (Lipinski definition) is 3.